The van der Waals surface area contributed by atoms with E-state index in [1.54, 1.807) is 31.1 Å². The Labute approximate surface area is 232 Å². The Bertz CT molecular complexity index is 1160. The Hall–Kier alpha value is -2.73. The zero-order valence-corrected chi connectivity index (χ0v) is 23.2. The van der Waals surface area contributed by atoms with Crippen molar-refractivity contribution in [1.82, 2.24) is 14.7 Å². The van der Waals surface area contributed by atoms with E-state index < -0.39 is 23.5 Å². The molecule has 0 radical (unpaired) electrons. The van der Waals surface area contributed by atoms with Crippen LogP contribution >= 0.6 is 0 Å². The molecule has 2 atom stereocenters. The number of ether oxygens (including phenoxy) is 3. The van der Waals surface area contributed by atoms with Crippen LogP contribution in [0.3, 0.4) is 0 Å². The molecule has 40 heavy (non-hydrogen) atoms. The van der Waals surface area contributed by atoms with Gasteiger partial charge in [0.1, 0.15) is 0 Å². The van der Waals surface area contributed by atoms with Crippen molar-refractivity contribution >= 4 is 5.91 Å². The Balaban J connectivity index is 1.52. The molecule has 2 aliphatic heterocycles. The van der Waals surface area contributed by atoms with Crippen molar-refractivity contribution < 1.29 is 36.6 Å². The fraction of sp³-hybridized carbons (Fsp3) is 0.552. The maximum absolute atomic E-state index is 14.1. The quantitative estimate of drug-likeness (QED) is 0.429. The summed E-state index contributed by atoms with van der Waals surface area (Å²) in [7, 11) is 3.04. The minimum Gasteiger partial charge on any atom is -0.494 e. The number of carbonyl (C=O) groups is 1. The molecule has 0 bridgehead atoms. The number of hydrogen-bond acceptors (Lipinski definition) is 6. The van der Waals surface area contributed by atoms with E-state index in [9.17, 15) is 22.4 Å². The topological polar surface area (TPSA) is 54.5 Å². The van der Waals surface area contributed by atoms with Gasteiger partial charge in [-0.25, -0.2) is 4.39 Å². The zero-order valence-electron chi connectivity index (χ0n) is 23.2. The predicted octanol–water partition coefficient (Wildman–Crippen LogP) is 3.88. The first-order valence-corrected chi connectivity index (χ1v) is 13.4. The summed E-state index contributed by atoms with van der Waals surface area (Å²) in [5.41, 5.74) is 0.319. The number of alkyl halides is 3. The lowest BCUT2D eigenvalue weighted by molar-refractivity contribution is -0.137. The third-order valence-corrected chi connectivity index (χ3v) is 7.47. The van der Waals surface area contributed by atoms with Gasteiger partial charge >= 0.3 is 6.18 Å². The summed E-state index contributed by atoms with van der Waals surface area (Å²) in [4.78, 5) is 19.9. The molecular formula is C29H37F4N3O4. The maximum Gasteiger partial charge on any atom is 0.416 e. The first-order chi connectivity index (χ1) is 19.1. The van der Waals surface area contributed by atoms with Crippen LogP contribution in [0.4, 0.5) is 17.6 Å². The molecule has 2 unspecified atom stereocenters. The molecule has 0 aliphatic carbocycles. The standard InChI is InChI=1S/C29H37F4N3O4/c1-20-12-22(16-23(13-20)29(31,32)33)28(37)36-9-8-34(6-7-35-10-11-40-25(18-35)19-38-2)17-24(36)14-21-4-5-26(30)27(15-21)39-3/h4-5,12-13,15-16,24-25H,6-11,14,17-19H2,1-3H3. The van der Waals surface area contributed by atoms with Crippen molar-refractivity contribution in [2.75, 3.05) is 73.2 Å². The second-order valence-electron chi connectivity index (χ2n) is 10.5. The van der Waals surface area contributed by atoms with Crippen LogP contribution in [-0.4, -0.2) is 106 Å². The molecule has 0 spiro atoms. The number of morpholine rings is 1. The highest BCUT2D eigenvalue weighted by atomic mass is 19.4. The van der Waals surface area contributed by atoms with Gasteiger partial charge in [-0.2, -0.15) is 13.2 Å². The molecule has 0 N–H and O–H groups in total. The van der Waals surface area contributed by atoms with Crippen LogP contribution in [0, 0.1) is 12.7 Å². The number of benzene rings is 2. The number of nitrogens with zero attached hydrogens (tertiary/aromatic N) is 3. The van der Waals surface area contributed by atoms with Crippen molar-refractivity contribution in [2.45, 2.75) is 31.7 Å². The van der Waals surface area contributed by atoms with Crippen LogP contribution in [-0.2, 0) is 22.1 Å². The van der Waals surface area contributed by atoms with Gasteiger partial charge in [0.2, 0.25) is 0 Å². The van der Waals surface area contributed by atoms with Gasteiger partial charge in [-0.15, -0.1) is 0 Å². The van der Waals surface area contributed by atoms with Crippen LogP contribution in [0.15, 0.2) is 36.4 Å². The van der Waals surface area contributed by atoms with E-state index in [2.05, 4.69) is 9.80 Å². The van der Waals surface area contributed by atoms with Crippen molar-refractivity contribution in [1.29, 1.82) is 0 Å². The summed E-state index contributed by atoms with van der Waals surface area (Å²) in [6.45, 7) is 7.42. The van der Waals surface area contributed by atoms with E-state index in [1.807, 2.05) is 0 Å². The van der Waals surface area contributed by atoms with E-state index >= 15 is 0 Å². The molecule has 220 valence electrons. The van der Waals surface area contributed by atoms with Crippen molar-refractivity contribution in [3.05, 3.63) is 64.5 Å². The highest BCUT2D eigenvalue weighted by molar-refractivity contribution is 5.95. The van der Waals surface area contributed by atoms with E-state index in [-0.39, 0.29) is 23.5 Å². The minimum absolute atomic E-state index is 0.0139. The summed E-state index contributed by atoms with van der Waals surface area (Å²) in [6, 6.07) is 7.72. The largest absolute Gasteiger partial charge is 0.494 e. The average Bonchev–Trinajstić information content (AvgIpc) is 2.92. The molecule has 2 fully saturated rings. The van der Waals surface area contributed by atoms with Crippen molar-refractivity contribution in [3.8, 4) is 5.75 Å². The number of hydrogen-bond donors (Lipinski definition) is 0. The summed E-state index contributed by atoms with van der Waals surface area (Å²) in [5, 5.41) is 0. The summed E-state index contributed by atoms with van der Waals surface area (Å²) in [6.07, 6.45) is -4.11. The molecule has 11 heteroatoms. The van der Waals surface area contributed by atoms with Crippen molar-refractivity contribution in [2.24, 2.45) is 0 Å². The second kappa shape index (κ2) is 13.3. The number of carbonyl (C=O) groups excluding carboxylic acids is 1. The molecule has 2 aliphatic rings. The molecule has 2 aromatic rings. The normalized spacial score (nSPS) is 21.0. The summed E-state index contributed by atoms with van der Waals surface area (Å²) >= 11 is 0. The highest BCUT2D eigenvalue weighted by Gasteiger charge is 2.35. The molecular weight excluding hydrogens is 530 g/mol. The van der Waals surface area contributed by atoms with Crippen LogP contribution in [0.1, 0.15) is 27.0 Å². The van der Waals surface area contributed by atoms with Gasteiger partial charge in [0, 0.05) is 64.5 Å². The van der Waals surface area contributed by atoms with E-state index in [0.29, 0.717) is 44.8 Å². The molecule has 2 saturated heterocycles. The molecule has 1 amide bonds. The average molecular weight is 568 g/mol. The first kappa shape index (κ1) is 30.2. The lowest BCUT2D eigenvalue weighted by Gasteiger charge is -2.43. The Morgan fingerprint density at radius 2 is 1.77 bits per heavy atom. The fourth-order valence-electron chi connectivity index (χ4n) is 5.46. The SMILES string of the molecule is COCC1CN(CCN2CCN(C(=O)c3cc(C)cc(C(F)(F)F)c3)C(Cc3ccc(F)c(OC)c3)C2)CCO1. The van der Waals surface area contributed by atoms with E-state index in [4.69, 9.17) is 14.2 Å². The highest BCUT2D eigenvalue weighted by Crippen LogP contribution is 2.31. The first-order valence-electron chi connectivity index (χ1n) is 13.4. The molecule has 7 nitrogen and oxygen atoms in total. The number of amides is 1. The van der Waals surface area contributed by atoms with Gasteiger partial charge < -0.3 is 19.1 Å². The van der Waals surface area contributed by atoms with Gasteiger partial charge in [0.15, 0.2) is 11.6 Å². The lowest BCUT2D eigenvalue weighted by Crippen LogP contribution is -2.57. The Morgan fingerprint density at radius 3 is 2.48 bits per heavy atom. The van der Waals surface area contributed by atoms with Crippen LogP contribution in [0.2, 0.25) is 0 Å². The van der Waals surface area contributed by atoms with Crippen LogP contribution < -0.4 is 4.74 Å². The van der Waals surface area contributed by atoms with Crippen LogP contribution in [0.5, 0.6) is 5.75 Å². The number of halogens is 4. The van der Waals surface area contributed by atoms with Crippen LogP contribution in [0.25, 0.3) is 0 Å². The molecule has 2 heterocycles. The Kier molecular flexibility index (Phi) is 10.0. The Morgan fingerprint density at radius 1 is 1.02 bits per heavy atom. The summed E-state index contributed by atoms with van der Waals surface area (Å²) in [5.74, 6) is -0.820. The second-order valence-corrected chi connectivity index (χ2v) is 10.5. The molecule has 4 rings (SSSR count). The summed E-state index contributed by atoms with van der Waals surface area (Å²) < 4.78 is 70.6. The predicted molar refractivity (Wildman–Crippen MR) is 142 cm³/mol. The van der Waals surface area contributed by atoms with Crippen molar-refractivity contribution in [3.63, 3.8) is 0 Å². The third kappa shape index (κ3) is 7.72. The third-order valence-electron chi connectivity index (χ3n) is 7.47. The molecule has 0 saturated carbocycles. The van der Waals surface area contributed by atoms with Gasteiger partial charge in [-0.3, -0.25) is 14.6 Å². The van der Waals surface area contributed by atoms with Gasteiger partial charge in [-0.1, -0.05) is 6.07 Å². The molecule has 0 aromatic heterocycles. The van der Waals surface area contributed by atoms with E-state index in [0.717, 1.165) is 43.9 Å². The number of methoxy groups -OCH3 is 2. The fourth-order valence-corrected chi connectivity index (χ4v) is 5.46. The lowest BCUT2D eigenvalue weighted by atomic mass is 9.99. The number of rotatable bonds is 9. The van der Waals surface area contributed by atoms with Gasteiger partial charge in [0.25, 0.3) is 5.91 Å². The smallest absolute Gasteiger partial charge is 0.416 e. The monoisotopic (exact) mass is 567 g/mol. The van der Waals surface area contributed by atoms with Gasteiger partial charge in [-0.05, 0) is 54.8 Å². The number of piperazine rings is 1. The van der Waals surface area contributed by atoms with E-state index in [1.165, 1.54) is 19.2 Å². The number of aryl methyl sites for hydroxylation is 1. The zero-order chi connectivity index (χ0) is 28.9. The van der Waals surface area contributed by atoms with Gasteiger partial charge in [0.05, 0.1) is 32.0 Å². The minimum atomic E-state index is -4.55. The maximum atomic E-state index is 14.1. The molecule has 2 aromatic carbocycles.